The number of hydrogen-bond acceptors (Lipinski definition) is 8. The summed E-state index contributed by atoms with van der Waals surface area (Å²) in [4.78, 5) is 15.0. The quantitative estimate of drug-likeness (QED) is 0.393. The molecule has 2 heterocycles. The number of thiazole rings is 1. The summed E-state index contributed by atoms with van der Waals surface area (Å²) < 4.78 is 32.7. The third-order valence-corrected chi connectivity index (χ3v) is 5.97. The van der Waals surface area contributed by atoms with Crippen molar-refractivity contribution < 1.29 is 22.7 Å². The van der Waals surface area contributed by atoms with Gasteiger partial charge in [-0.15, -0.1) is 21.5 Å². The highest BCUT2D eigenvalue weighted by Crippen LogP contribution is 2.29. The summed E-state index contributed by atoms with van der Waals surface area (Å²) in [6, 6.07) is 16.1. The molecule has 154 valence electrons. The molecule has 0 aliphatic rings. The number of aromatic nitrogens is 3. The maximum absolute atomic E-state index is 11.4. The summed E-state index contributed by atoms with van der Waals surface area (Å²) in [6.07, 6.45) is -1.40. The van der Waals surface area contributed by atoms with Gasteiger partial charge in [0.05, 0.1) is 23.2 Å². The Hall–Kier alpha value is -3.35. The van der Waals surface area contributed by atoms with Crippen molar-refractivity contribution in [3.63, 3.8) is 0 Å². The Bertz CT molecular complexity index is 1300. The Morgan fingerprint density at radius 3 is 2.60 bits per heavy atom. The van der Waals surface area contributed by atoms with Crippen LogP contribution in [0.1, 0.15) is 16.8 Å². The second kappa shape index (κ2) is 8.18. The molecule has 0 aliphatic carbocycles. The number of nitrogens with zero attached hydrogens (tertiary/aromatic N) is 3. The fourth-order valence-corrected chi connectivity index (χ4v) is 4.34. The average Bonchev–Trinajstić information content (AvgIpc) is 3.32. The number of amides is 1. The molecule has 0 radical (unpaired) electrons. The number of carbonyl (C=O) groups is 1. The van der Waals surface area contributed by atoms with Gasteiger partial charge in [-0.1, -0.05) is 36.4 Å². The van der Waals surface area contributed by atoms with E-state index in [4.69, 9.17) is 9.52 Å². The van der Waals surface area contributed by atoms with Gasteiger partial charge in [-0.3, -0.25) is 0 Å². The summed E-state index contributed by atoms with van der Waals surface area (Å²) >= 11 is 1.51. The Balaban J connectivity index is 1.45. The van der Waals surface area contributed by atoms with E-state index in [0.29, 0.717) is 6.42 Å². The standard InChI is InChI=1S/C18H15N5O5S2/c24-18(25)23-30(26,27)19-10-16-22-21-15(28-16)9-17-20-13-7-6-12(8-14(13)29-17)11-4-2-1-3-5-11/h1-8,19,23H,9-10H2,(H,24,25). The topological polar surface area (TPSA) is 147 Å². The Morgan fingerprint density at radius 2 is 1.83 bits per heavy atom. The lowest BCUT2D eigenvalue weighted by Gasteiger charge is -2.02. The van der Waals surface area contributed by atoms with Crippen LogP contribution in [-0.2, 0) is 23.2 Å². The molecule has 0 spiro atoms. The van der Waals surface area contributed by atoms with E-state index in [1.807, 2.05) is 47.2 Å². The van der Waals surface area contributed by atoms with E-state index in [-0.39, 0.29) is 18.3 Å². The average molecular weight is 445 g/mol. The van der Waals surface area contributed by atoms with E-state index in [9.17, 15) is 13.2 Å². The van der Waals surface area contributed by atoms with Gasteiger partial charge in [0.25, 0.3) is 0 Å². The lowest BCUT2D eigenvalue weighted by molar-refractivity contribution is 0.201. The Kier molecular flexibility index (Phi) is 5.44. The van der Waals surface area contributed by atoms with Gasteiger partial charge < -0.3 is 9.52 Å². The molecule has 12 heteroatoms. The molecule has 30 heavy (non-hydrogen) atoms. The molecule has 0 saturated heterocycles. The molecule has 10 nitrogen and oxygen atoms in total. The fraction of sp³-hybridized carbons (Fsp3) is 0.111. The van der Waals surface area contributed by atoms with Crippen molar-refractivity contribution in [2.75, 3.05) is 0 Å². The molecular weight excluding hydrogens is 430 g/mol. The predicted molar refractivity (Wildman–Crippen MR) is 109 cm³/mol. The van der Waals surface area contributed by atoms with Gasteiger partial charge in [0, 0.05) is 0 Å². The predicted octanol–water partition coefficient (Wildman–Crippen LogP) is 2.54. The van der Waals surface area contributed by atoms with E-state index < -0.39 is 16.3 Å². The minimum absolute atomic E-state index is 0.00763. The summed E-state index contributed by atoms with van der Waals surface area (Å²) in [5.41, 5.74) is 3.08. The van der Waals surface area contributed by atoms with Crippen LogP contribution >= 0.6 is 11.3 Å². The lowest BCUT2D eigenvalue weighted by Crippen LogP contribution is -2.39. The van der Waals surface area contributed by atoms with Gasteiger partial charge in [0.1, 0.15) is 5.01 Å². The Morgan fingerprint density at radius 1 is 1.07 bits per heavy atom. The number of hydrogen-bond donors (Lipinski definition) is 3. The first kappa shape index (κ1) is 19.9. The molecule has 0 saturated carbocycles. The number of rotatable bonds is 7. The summed E-state index contributed by atoms with van der Waals surface area (Å²) in [7, 11) is -4.21. The number of nitrogens with one attached hydrogen (secondary N) is 2. The zero-order chi connectivity index (χ0) is 21.1. The van der Waals surface area contributed by atoms with Gasteiger partial charge in [0.15, 0.2) is 0 Å². The van der Waals surface area contributed by atoms with Crippen molar-refractivity contribution in [2.45, 2.75) is 13.0 Å². The van der Waals surface area contributed by atoms with Gasteiger partial charge in [-0.2, -0.15) is 13.1 Å². The molecule has 0 bridgehead atoms. The van der Waals surface area contributed by atoms with Gasteiger partial charge >= 0.3 is 16.3 Å². The monoisotopic (exact) mass is 445 g/mol. The second-order valence-corrected chi connectivity index (χ2v) is 8.77. The van der Waals surface area contributed by atoms with Crippen LogP contribution < -0.4 is 9.44 Å². The van der Waals surface area contributed by atoms with Crippen LogP contribution in [0, 0.1) is 0 Å². The molecule has 0 fully saturated rings. The molecule has 2 aromatic carbocycles. The maximum atomic E-state index is 11.4. The zero-order valence-electron chi connectivity index (χ0n) is 15.3. The molecule has 4 aromatic rings. The SMILES string of the molecule is O=C(O)NS(=O)(=O)NCc1nnc(Cc2nc3ccc(-c4ccccc4)cc3s2)o1. The molecule has 4 rings (SSSR count). The van der Waals surface area contributed by atoms with Crippen molar-refractivity contribution in [1.29, 1.82) is 0 Å². The fourth-order valence-electron chi connectivity index (χ4n) is 2.73. The molecule has 0 atom stereocenters. The van der Waals surface area contributed by atoms with Crippen molar-refractivity contribution in [3.8, 4) is 11.1 Å². The minimum atomic E-state index is -4.21. The van der Waals surface area contributed by atoms with Crippen LogP contribution in [0.15, 0.2) is 52.9 Å². The van der Waals surface area contributed by atoms with Crippen molar-refractivity contribution >= 4 is 37.9 Å². The first-order chi connectivity index (χ1) is 14.4. The molecule has 2 aromatic heterocycles. The van der Waals surface area contributed by atoms with E-state index in [1.165, 1.54) is 16.1 Å². The minimum Gasteiger partial charge on any atom is -0.464 e. The van der Waals surface area contributed by atoms with Gasteiger partial charge in [-0.05, 0) is 23.3 Å². The van der Waals surface area contributed by atoms with E-state index >= 15 is 0 Å². The molecule has 0 aliphatic heterocycles. The number of fused-ring (bicyclic) bond motifs is 1. The molecule has 3 N–H and O–H groups in total. The summed E-state index contributed by atoms with van der Waals surface area (Å²) in [5.74, 6) is 0.283. The number of benzene rings is 2. The van der Waals surface area contributed by atoms with E-state index in [2.05, 4.69) is 21.2 Å². The van der Waals surface area contributed by atoms with Crippen LogP contribution in [-0.4, -0.2) is 34.8 Å². The molecule has 0 unspecified atom stereocenters. The van der Waals surface area contributed by atoms with E-state index in [0.717, 1.165) is 26.4 Å². The van der Waals surface area contributed by atoms with Crippen LogP contribution in [0.2, 0.25) is 0 Å². The zero-order valence-corrected chi connectivity index (χ0v) is 16.9. The summed E-state index contributed by atoms with van der Waals surface area (Å²) in [6.45, 7) is -0.337. The third-order valence-electron chi connectivity index (χ3n) is 3.99. The van der Waals surface area contributed by atoms with Crippen LogP contribution in [0.25, 0.3) is 21.3 Å². The highest BCUT2D eigenvalue weighted by Gasteiger charge is 2.16. The molecular formula is C18H15N5O5S2. The van der Waals surface area contributed by atoms with Gasteiger partial charge in [-0.25, -0.2) is 14.5 Å². The van der Waals surface area contributed by atoms with Crippen molar-refractivity contribution in [1.82, 2.24) is 24.6 Å². The normalized spacial score (nSPS) is 11.6. The van der Waals surface area contributed by atoms with Crippen LogP contribution in [0.4, 0.5) is 4.79 Å². The largest absolute Gasteiger partial charge is 0.464 e. The second-order valence-electron chi connectivity index (χ2n) is 6.15. The summed E-state index contributed by atoms with van der Waals surface area (Å²) in [5, 5.41) is 16.9. The smallest absolute Gasteiger partial charge is 0.419 e. The van der Waals surface area contributed by atoms with Crippen molar-refractivity contribution in [2.24, 2.45) is 0 Å². The molecule has 1 amide bonds. The lowest BCUT2D eigenvalue weighted by atomic mass is 10.1. The highest BCUT2D eigenvalue weighted by atomic mass is 32.2. The number of carboxylic acid groups (broad SMARTS) is 1. The highest BCUT2D eigenvalue weighted by molar-refractivity contribution is 7.88. The van der Waals surface area contributed by atoms with E-state index in [1.54, 1.807) is 0 Å². The third kappa shape index (κ3) is 4.79. The first-order valence-electron chi connectivity index (χ1n) is 8.64. The van der Waals surface area contributed by atoms with Crippen molar-refractivity contribution in [3.05, 3.63) is 65.3 Å². The van der Waals surface area contributed by atoms with Crippen LogP contribution in [0.5, 0.6) is 0 Å². The van der Waals surface area contributed by atoms with Crippen LogP contribution in [0.3, 0.4) is 0 Å². The maximum Gasteiger partial charge on any atom is 0.419 e. The first-order valence-corrected chi connectivity index (χ1v) is 10.9. The Labute approximate surface area is 174 Å². The van der Waals surface area contributed by atoms with Gasteiger partial charge in [0.2, 0.25) is 11.8 Å².